The zero-order chi connectivity index (χ0) is 52.0. The number of hydrogen-bond acceptors (Lipinski definition) is 5. The summed E-state index contributed by atoms with van der Waals surface area (Å²) in [5, 5.41) is 14.1. The van der Waals surface area contributed by atoms with Gasteiger partial charge in [-0.25, -0.2) is 4.57 Å². The molecule has 3 N–H and O–H groups in total. The molecule has 0 heterocycles. The van der Waals surface area contributed by atoms with E-state index in [4.69, 9.17) is 9.05 Å². The number of nitrogens with one attached hydrogen (secondary N) is 1. The Balaban J connectivity index is 3.98. The Hall–Kier alpha value is -0.500. The third kappa shape index (κ3) is 57.1. The standard InChI is InChI=1S/C62H127N2O6P/c1-6-8-10-12-14-16-18-20-22-24-26-27-28-29-30-31-32-33-34-35-36-37-38-40-42-44-46-48-50-52-54-56-62(66)63-60(59-70-71(67,68)69-58-57-64(3,4)5)61(65)55-53-51-49-47-45-43-41-39-25-23-21-19-17-15-13-11-9-7-2/h60-61,65H,6-59H2,1-5H3,(H-,63,66,67,68)/p+1. The van der Waals surface area contributed by atoms with E-state index >= 15 is 0 Å². The Morgan fingerprint density at radius 1 is 0.423 bits per heavy atom. The van der Waals surface area contributed by atoms with Crippen molar-refractivity contribution in [2.75, 3.05) is 40.9 Å². The van der Waals surface area contributed by atoms with Gasteiger partial charge in [0.05, 0.1) is 39.9 Å². The van der Waals surface area contributed by atoms with E-state index in [2.05, 4.69) is 19.2 Å². The number of nitrogens with zero attached hydrogens (tertiary/aromatic N) is 1. The van der Waals surface area contributed by atoms with Crippen LogP contribution in [-0.4, -0.2) is 73.4 Å². The van der Waals surface area contributed by atoms with Gasteiger partial charge in [-0.2, -0.15) is 0 Å². The Bertz CT molecular complexity index is 1120. The van der Waals surface area contributed by atoms with Crippen molar-refractivity contribution in [1.82, 2.24) is 5.32 Å². The summed E-state index contributed by atoms with van der Waals surface area (Å²) in [6, 6.07) is -0.755. The number of hydrogen-bond donors (Lipinski definition) is 3. The van der Waals surface area contributed by atoms with Crippen LogP contribution < -0.4 is 5.32 Å². The van der Waals surface area contributed by atoms with Crippen LogP contribution in [0.4, 0.5) is 0 Å². The van der Waals surface area contributed by atoms with Crippen LogP contribution in [0.15, 0.2) is 0 Å². The van der Waals surface area contributed by atoms with E-state index in [0.29, 0.717) is 23.9 Å². The quantitative estimate of drug-likeness (QED) is 0.0318. The lowest BCUT2D eigenvalue weighted by Crippen LogP contribution is -2.46. The molecule has 71 heavy (non-hydrogen) atoms. The van der Waals surface area contributed by atoms with E-state index in [1.165, 1.54) is 276 Å². The highest BCUT2D eigenvalue weighted by atomic mass is 31.2. The first-order valence-electron chi connectivity index (χ1n) is 31.9. The number of likely N-dealkylation sites (N-methyl/N-ethyl adjacent to an activating group) is 1. The smallest absolute Gasteiger partial charge is 0.391 e. The van der Waals surface area contributed by atoms with Gasteiger partial charge in [0.25, 0.3) is 0 Å². The number of carbonyl (C=O) groups excluding carboxylic acids is 1. The van der Waals surface area contributed by atoms with E-state index in [-0.39, 0.29) is 19.1 Å². The fraction of sp³-hybridized carbons (Fsp3) is 0.984. The summed E-state index contributed by atoms with van der Waals surface area (Å²) in [6.45, 7) is 4.95. The molecule has 426 valence electrons. The van der Waals surface area contributed by atoms with Crippen molar-refractivity contribution in [1.29, 1.82) is 0 Å². The van der Waals surface area contributed by atoms with Crippen molar-refractivity contribution in [2.45, 2.75) is 353 Å². The van der Waals surface area contributed by atoms with Crippen LogP contribution in [0.5, 0.6) is 0 Å². The van der Waals surface area contributed by atoms with Gasteiger partial charge in [-0.15, -0.1) is 0 Å². The summed E-state index contributed by atoms with van der Waals surface area (Å²) in [4.78, 5) is 23.4. The van der Waals surface area contributed by atoms with E-state index in [9.17, 15) is 19.4 Å². The Kier molecular flexibility index (Phi) is 53.9. The second-order valence-electron chi connectivity index (χ2n) is 23.5. The molecule has 0 aliphatic carbocycles. The zero-order valence-corrected chi connectivity index (χ0v) is 49.7. The largest absolute Gasteiger partial charge is 0.472 e. The SMILES string of the molecule is CCCCCCCCCCCCCCCCCCCCCCCCCCCCCCCCCC(=O)NC(COP(=O)(O)OCC[N+](C)(C)C)C(O)CCCCCCCCCCCCCCCCCCCC. The first kappa shape index (κ1) is 70.5. The van der Waals surface area contributed by atoms with Gasteiger partial charge in [-0.05, 0) is 12.8 Å². The van der Waals surface area contributed by atoms with Crippen LogP contribution in [0.3, 0.4) is 0 Å². The van der Waals surface area contributed by atoms with Crippen molar-refractivity contribution >= 4 is 13.7 Å². The average Bonchev–Trinajstić information content (AvgIpc) is 3.33. The van der Waals surface area contributed by atoms with Gasteiger partial charge in [0.1, 0.15) is 13.2 Å². The number of phosphoric ester groups is 1. The molecule has 0 saturated carbocycles. The molecule has 0 saturated heterocycles. The molecule has 0 fully saturated rings. The van der Waals surface area contributed by atoms with Crippen molar-refractivity contribution in [3.05, 3.63) is 0 Å². The Morgan fingerprint density at radius 3 is 0.944 bits per heavy atom. The summed E-state index contributed by atoms with van der Waals surface area (Å²) in [5.41, 5.74) is 0. The normalized spacial score (nSPS) is 13.7. The predicted molar refractivity (Wildman–Crippen MR) is 309 cm³/mol. The van der Waals surface area contributed by atoms with Crippen molar-refractivity contribution in [3.8, 4) is 0 Å². The topological polar surface area (TPSA) is 105 Å². The highest BCUT2D eigenvalue weighted by molar-refractivity contribution is 7.47. The lowest BCUT2D eigenvalue weighted by Gasteiger charge is -2.26. The van der Waals surface area contributed by atoms with Crippen LogP contribution in [0.25, 0.3) is 0 Å². The van der Waals surface area contributed by atoms with Gasteiger partial charge in [-0.3, -0.25) is 13.8 Å². The second kappa shape index (κ2) is 54.3. The van der Waals surface area contributed by atoms with E-state index in [0.717, 1.165) is 38.5 Å². The molecule has 3 atom stereocenters. The minimum absolute atomic E-state index is 0.0792. The number of carbonyl (C=O) groups is 1. The number of rotatable bonds is 60. The molecular weight excluding hydrogens is 900 g/mol. The van der Waals surface area contributed by atoms with Crippen LogP contribution in [0, 0.1) is 0 Å². The summed E-state index contributed by atoms with van der Waals surface area (Å²) in [6.07, 6.45) is 66.1. The molecule has 8 nitrogen and oxygen atoms in total. The Morgan fingerprint density at radius 2 is 0.676 bits per heavy atom. The molecule has 0 aromatic carbocycles. The summed E-state index contributed by atoms with van der Waals surface area (Å²) in [5.74, 6) is -0.135. The number of aliphatic hydroxyl groups excluding tert-OH is 1. The molecule has 9 heteroatoms. The summed E-state index contributed by atoms with van der Waals surface area (Å²) >= 11 is 0. The monoisotopic (exact) mass is 1030 g/mol. The number of unbranched alkanes of at least 4 members (excludes halogenated alkanes) is 47. The number of aliphatic hydroxyl groups is 1. The van der Waals surface area contributed by atoms with Crippen molar-refractivity contribution < 1.29 is 32.9 Å². The van der Waals surface area contributed by atoms with Crippen LogP contribution >= 0.6 is 7.82 Å². The van der Waals surface area contributed by atoms with Crippen LogP contribution in [-0.2, 0) is 18.4 Å². The lowest BCUT2D eigenvalue weighted by molar-refractivity contribution is -0.870. The lowest BCUT2D eigenvalue weighted by atomic mass is 10.0. The molecule has 3 unspecified atom stereocenters. The molecule has 1 amide bonds. The molecule has 0 aromatic rings. The van der Waals surface area contributed by atoms with Gasteiger partial charge < -0.3 is 19.8 Å². The van der Waals surface area contributed by atoms with Gasteiger partial charge in [0.2, 0.25) is 5.91 Å². The third-order valence-corrected chi connectivity index (χ3v) is 16.1. The first-order chi connectivity index (χ1) is 34.5. The molecule has 0 rings (SSSR count). The van der Waals surface area contributed by atoms with Gasteiger partial charge >= 0.3 is 7.82 Å². The predicted octanol–water partition coefficient (Wildman–Crippen LogP) is 19.6. The minimum atomic E-state index is -4.32. The first-order valence-corrected chi connectivity index (χ1v) is 33.4. The van der Waals surface area contributed by atoms with E-state index < -0.39 is 20.0 Å². The fourth-order valence-electron chi connectivity index (χ4n) is 10.1. The maximum Gasteiger partial charge on any atom is 0.472 e. The average molecular weight is 1030 g/mol. The van der Waals surface area contributed by atoms with Crippen LogP contribution in [0.1, 0.15) is 341 Å². The zero-order valence-electron chi connectivity index (χ0n) is 48.8. The minimum Gasteiger partial charge on any atom is -0.391 e. The summed E-state index contributed by atoms with van der Waals surface area (Å²) in [7, 11) is 1.64. The number of phosphoric acid groups is 1. The molecule has 0 spiro atoms. The summed E-state index contributed by atoms with van der Waals surface area (Å²) < 4.78 is 23.8. The maximum atomic E-state index is 13.0. The van der Waals surface area contributed by atoms with Crippen molar-refractivity contribution in [2.24, 2.45) is 0 Å². The number of quaternary nitrogens is 1. The van der Waals surface area contributed by atoms with Gasteiger partial charge in [0.15, 0.2) is 0 Å². The molecular formula is C62H128N2O6P+. The Labute approximate surface area is 444 Å². The third-order valence-electron chi connectivity index (χ3n) is 15.1. The molecule has 0 aliphatic heterocycles. The highest BCUT2D eigenvalue weighted by Crippen LogP contribution is 2.43. The number of amides is 1. The van der Waals surface area contributed by atoms with Gasteiger partial charge in [-0.1, -0.05) is 322 Å². The van der Waals surface area contributed by atoms with Crippen molar-refractivity contribution in [3.63, 3.8) is 0 Å². The van der Waals surface area contributed by atoms with Crippen LogP contribution in [0.2, 0.25) is 0 Å². The highest BCUT2D eigenvalue weighted by Gasteiger charge is 2.28. The molecule has 0 bridgehead atoms. The maximum absolute atomic E-state index is 13.0. The fourth-order valence-corrected chi connectivity index (χ4v) is 10.8. The van der Waals surface area contributed by atoms with E-state index in [1.54, 1.807) is 0 Å². The second-order valence-corrected chi connectivity index (χ2v) is 25.0. The molecule has 0 radical (unpaired) electrons. The van der Waals surface area contributed by atoms with E-state index in [1.807, 2.05) is 21.1 Å². The molecule has 0 aromatic heterocycles. The van der Waals surface area contributed by atoms with Gasteiger partial charge in [0, 0.05) is 6.42 Å². The molecule has 0 aliphatic rings.